The Morgan fingerprint density at radius 2 is 2.10 bits per heavy atom. The summed E-state index contributed by atoms with van der Waals surface area (Å²) in [4.78, 5) is 8.10. The lowest BCUT2D eigenvalue weighted by Gasteiger charge is -2.11. The van der Waals surface area contributed by atoms with E-state index in [0.717, 1.165) is 0 Å². The highest BCUT2D eigenvalue weighted by molar-refractivity contribution is 9.10. The van der Waals surface area contributed by atoms with E-state index in [9.17, 15) is 8.42 Å². The van der Waals surface area contributed by atoms with Crippen LogP contribution in [0.25, 0.3) is 0 Å². The molecule has 0 aromatic carbocycles. The number of pyridine rings is 1. The van der Waals surface area contributed by atoms with Crippen molar-refractivity contribution in [2.45, 2.75) is 25.3 Å². The molecule has 2 aromatic rings. The standard InChI is InChI=1S/C12H15BrN4O3S/c1-3-14-12-10(4-9(13)6-16-12)21(18,19)17-7-11-15-5-8(2)20-11/h4-6,17H,3,7H2,1-2H3,(H,14,16). The molecule has 0 aliphatic heterocycles. The minimum atomic E-state index is -3.73. The summed E-state index contributed by atoms with van der Waals surface area (Å²) in [5, 5.41) is 2.92. The summed E-state index contributed by atoms with van der Waals surface area (Å²) in [6.07, 6.45) is 3.07. The number of anilines is 1. The van der Waals surface area contributed by atoms with Crippen LogP contribution in [0.15, 0.2) is 32.2 Å². The van der Waals surface area contributed by atoms with Crippen LogP contribution in [0.4, 0.5) is 5.82 Å². The first-order chi connectivity index (χ1) is 9.92. The second-order valence-corrected chi connectivity index (χ2v) is 6.87. The van der Waals surface area contributed by atoms with Crippen molar-refractivity contribution >= 4 is 31.8 Å². The average Bonchev–Trinajstić information content (AvgIpc) is 2.85. The smallest absolute Gasteiger partial charge is 0.244 e. The molecule has 0 radical (unpaired) electrons. The molecular formula is C12H15BrN4O3S. The van der Waals surface area contributed by atoms with E-state index in [2.05, 4.69) is 35.9 Å². The minimum absolute atomic E-state index is 0.0196. The Kier molecular flexibility index (Phi) is 4.96. The molecule has 0 bridgehead atoms. The summed E-state index contributed by atoms with van der Waals surface area (Å²) in [5.41, 5.74) is 0. The molecule has 0 fully saturated rings. The molecule has 2 heterocycles. The van der Waals surface area contributed by atoms with Crippen LogP contribution in [0.2, 0.25) is 0 Å². The molecule has 0 unspecified atom stereocenters. The number of halogens is 1. The Hall–Kier alpha value is -1.45. The van der Waals surface area contributed by atoms with E-state index in [1.807, 2.05) is 6.92 Å². The van der Waals surface area contributed by atoms with Gasteiger partial charge < -0.3 is 9.73 Å². The number of nitrogens with one attached hydrogen (secondary N) is 2. The molecule has 114 valence electrons. The van der Waals surface area contributed by atoms with E-state index in [-0.39, 0.29) is 11.4 Å². The molecule has 2 rings (SSSR count). The van der Waals surface area contributed by atoms with Crippen LogP contribution in [0.3, 0.4) is 0 Å². The zero-order valence-corrected chi connectivity index (χ0v) is 14.0. The second kappa shape index (κ2) is 6.54. The molecule has 21 heavy (non-hydrogen) atoms. The topological polar surface area (TPSA) is 97.1 Å². The maximum absolute atomic E-state index is 12.4. The van der Waals surface area contributed by atoms with Gasteiger partial charge >= 0.3 is 0 Å². The number of rotatable bonds is 6. The van der Waals surface area contributed by atoms with Gasteiger partial charge in [-0.3, -0.25) is 0 Å². The van der Waals surface area contributed by atoms with E-state index in [1.165, 1.54) is 18.5 Å². The molecule has 0 spiro atoms. The van der Waals surface area contributed by atoms with Crippen molar-refractivity contribution in [3.05, 3.63) is 34.6 Å². The highest BCUT2D eigenvalue weighted by Gasteiger charge is 2.20. The third kappa shape index (κ3) is 4.02. The minimum Gasteiger partial charge on any atom is -0.445 e. The molecule has 0 aliphatic carbocycles. The number of sulfonamides is 1. The van der Waals surface area contributed by atoms with Gasteiger partial charge in [-0.25, -0.2) is 23.1 Å². The van der Waals surface area contributed by atoms with Crippen molar-refractivity contribution in [2.75, 3.05) is 11.9 Å². The molecule has 0 amide bonds. The van der Waals surface area contributed by atoms with E-state index >= 15 is 0 Å². The lowest BCUT2D eigenvalue weighted by molar-refractivity contribution is 0.463. The molecule has 0 saturated heterocycles. The first-order valence-corrected chi connectivity index (χ1v) is 8.50. The Balaban J connectivity index is 2.24. The fraction of sp³-hybridized carbons (Fsp3) is 0.333. The Morgan fingerprint density at radius 1 is 1.33 bits per heavy atom. The second-order valence-electron chi connectivity index (χ2n) is 4.22. The van der Waals surface area contributed by atoms with Gasteiger partial charge in [-0.1, -0.05) is 0 Å². The van der Waals surface area contributed by atoms with Crippen LogP contribution < -0.4 is 10.0 Å². The first kappa shape index (κ1) is 15.9. The average molecular weight is 375 g/mol. The summed E-state index contributed by atoms with van der Waals surface area (Å²) >= 11 is 3.23. The summed E-state index contributed by atoms with van der Waals surface area (Å²) < 4.78 is 33.0. The molecule has 7 nitrogen and oxygen atoms in total. The van der Waals surface area contributed by atoms with Gasteiger partial charge in [0.2, 0.25) is 15.9 Å². The summed E-state index contributed by atoms with van der Waals surface area (Å²) in [5.74, 6) is 1.24. The van der Waals surface area contributed by atoms with Crippen molar-refractivity contribution < 1.29 is 12.8 Å². The van der Waals surface area contributed by atoms with E-state index in [0.29, 0.717) is 28.5 Å². The molecule has 2 aromatic heterocycles. The molecular weight excluding hydrogens is 360 g/mol. The number of oxazole rings is 1. The normalized spacial score (nSPS) is 11.6. The van der Waals surface area contributed by atoms with Gasteiger partial charge in [0.05, 0.1) is 12.7 Å². The lowest BCUT2D eigenvalue weighted by atomic mass is 10.4. The predicted octanol–water partition coefficient (Wildman–Crippen LogP) is 2.05. The quantitative estimate of drug-likeness (QED) is 0.802. The molecule has 0 aliphatic rings. The molecule has 9 heteroatoms. The van der Waals surface area contributed by atoms with Crippen LogP contribution in [0, 0.1) is 6.92 Å². The van der Waals surface area contributed by atoms with Gasteiger partial charge in [0.25, 0.3) is 0 Å². The third-order valence-electron chi connectivity index (χ3n) is 2.54. The zero-order chi connectivity index (χ0) is 15.5. The number of hydrogen-bond acceptors (Lipinski definition) is 6. The molecule has 0 saturated carbocycles. The number of nitrogens with zero attached hydrogens (tertiary/aromatic N) is 2. The number of aryl methyl sites for hydroxylation is 1. The highest BCUT2D eigenvalue weighted by Crippen LogP contribution is 2.22. The third-order valence-corrected chi connectivity index (χ3v) is 4.38. The van der Waals surface area contributed by atoms with Crippen molar-refractivity contribution in [2.24, 2.45) is 0 Å². The maximum Gasteiger partial charge on any atom is 0.244 e. The Bertz CT molecular complexity index is 730. The number of aromatic nitrogens is 2. The summed E-state index contributed by atoms with van der Waals surface area (Å²) in [6.45, 7) is 4.15. The Labute approximate surface area is 131 Å². The molecule has 0 atom stereocenters. The monoisotopic (exact) mass is 374 g/mol. The van der Waals surface area contributed by atoms with E-state index in [1.54, 1.807) is 6.92 Å². The van der Waals surface area contributed by atoms with Crippen LogP contribution in [0.1, 0.15) is 18.6 Å². The Morgan fingerprint density at radius 3 is 2.71 bits per heavy atom. The largest absolute Gasteiger partial charge is 0.445 e. The van der Waals surface area contributed by atoms with Gasteiger partial charge in [0, 0.05) is 17.2 Å². The zero-order valence-electron chi connectivity index (χ0n) is 11.6. The van der Waals surface area contributed by atoms with Gasteiger partial charge in [-0.2, -0.15) is 0 Å². The highest BCUT2D eigenvalue weighted by atomic mass is 79.9. The van der Waals surface area contributed by atoms with Crippen molar-refractivity contribution in [1.29, 1.82) is 0 Å². The maximum atomic E-state index is 12.4. The first-order valence-electron chi connectivity index (χ1n) is 6.22. The van der Waals surface area contributed by atoms with Crippen molar-refractivity contribution in [3.8, 4) is 0 Å². The van der Waals surface area contributed by atoms with Gasteiger partial charge in [-0.05, 0) is 35.8 Å². The van der Waals surface area contributed by atoms with Crippen LogP contribution >= 0.6 is 15.9 Å². The predicted molar refractivity (Wildman–Crippen MR) is 81.4 cm³/mol. The number of hydrogen-bond donors (Lipinski definition) is 2. The van der Waals surface area contributed by atoms with E-state index in [4.69, 9.17) is 4.42 Å². The van der Waals surface area contributed by atoms with Gasteiger partial charge in [-0.15, -0.1) is 0 Å². The summed E-state index contributed by atoms with van der Waals surface area (Å²) in [7, 11) is -3.73. The summed E-state index contributed by atoms with van der Waals surface area (Å²) in [6, 6.07) is 1.49. The van der Waals surface area contributed by atoms with E-state index < -0.39 is 10.0 Å². The van der Waals surface area contributed by atoms with Crippen LogP contribution in [-0.2, 0) is 16.6 Å². The van der Waals surface area contributed by atoms with Crippen LogP contribution in [0.5, 0.6) is 0 Å². The molecule has 2 N–H and O–H groups in total. The fourth-order valence-corrected chi connectivity index (χ4v) is 3.26. The lowest BCUT2D eigenvalue weighted by Crippen LogP contribution is -2.25. The SMILES string of the molecule is CCNc1ncc(Br)cc1S(=O)(=O)NCc1ncc(C)o1. The van der Waals surface area contributed by atoms with Gasteiger partial charge in [0.1, 0.15) is 16.5 Å². The van der Waals surface area contributed by atoms with Gasteiger partial charge in [0.15, 0.2) is 0 Å². The van der Waals surface area contributed by atoms with Crippen molar-refractivity contribution in [3.63, 3.8) is 0 Å². The van der Waals surface area contributed by atoms with Crippen molar-refractivity contribution in [1.82, 2.24) is 14.7 Å². The fourth-order valence-electron chi connectivity index (χ4n) is 1.64. The van der Waals surface area contributed by atoms with Crippen LogP contribution in [-0.4, -0.2) is 24.9 Å².